The van der Waals surface area contributed by atoms with Crippen LogP contribution in [0.4, 0.5) is 0 Å². The Morgan fingerprint density at radius 1 is 1.22 bits per heavy atom. The molecule has 0 aliphatic heterocycles. The Labute approximate surface area is 106 Å². The fourth-order valence-electron chi connectivity index (χ4n) is 2.41. The summed E-state index contributed by atoms with van der Waals surface area (Å²) in [5.74, 6) is 1.28. The number of aromatic nitrogens is 2. The number of hydrogen-bond donors (Lipinski definition) is 1. The monoisotopic (exact) mass is 244 g/mol. The molecule has 1 saturated carbocycles. The number of rotatable bonds is 3. The van der Waals surface area contributed by atoms with Crippen LogP contribution in [0.3, 0.4) is 0 Å². The van der Waals surface area contributed by atoms with Gasteiger partial charge in [-0.05, 0) is 25.0 Å². The summed E-state index contributed by atoms with van der Waals surface area (Å²) in [6.07, 6.45) is 8.54. The molecule has 0 radical (unpaired) electrons. The molecule has 0 unspecified atom stereocenters. The molecule has 1 fully saturated rings. The van der Waals surface area contributed by atoms with Crippen LogP contribution in [-0.2, 0) is 0 Å². The van der Waals surface area contributed by atoms with Gasteiger partial charge in [-0.1, -0.05) is 25.0 Å². The van der Waals surface area contributed by atoms with Crippen LogP contribution in [0.5, 0.6) is 17.2 Å². The summed E-state index contributed by atoms with van der Waals surface area (Å²) < 4.78 is 7.59. The van der Waals surface area contributed by atoms with E-state index in [2.05, 4.69) is 5.10 Å². The molecule has 18 heavy (non-hydrogen) atoms. The van der Waals surface area contributed by atoms with Gasteiger partial charge in [0.05, 0.1) is 18.4 Å². The summed E-state index contributed by atoms with van der Waals surface area (Å²) >= 11 is 0. The maximum absolute atomic E-state index is 9.64. The van der Waals surface area contributed by atoms with Crippen LogP contribution >= 0.6 is 0 Å². The van der Waals surface area contributed by atoms with Crippen molar-refractivity contribution in [2.75, 3.05) is 0 Å². The summed E-state index contributed by atoms with van der Waals surface area (Å²) in [6.45, 7) is 0. The fourth-order valence-corrected chi connectivity index (χ4v) is 2.41. The minimum Gasteiger partial charge on any atom is -0.504 e. The average molecular weight is 244 g/mol. The highest BCUT2D eigenvalue weighted by atomic mass is 16.5. The van der Waals surface area contributed by atoms with E-state index in [9.17, 15) is 5.11 Å². The maximum Gasteiger partial charge on any atom is 0.169 e. The third kappa shape index (κ3) is 2.18. The van der Waals surface area contributed by atoms with E-state index in [1.165, 1.54) is 25.7 Å². The molecule has 2 aromatic rings. The molecule has 0 bridgehead atoms. The second-order valence-corrected chi connectivity index (χ2v) is 4.66. The van der Waals surface area contributed by atoms with Crippen molar-refractivity contribution in [1.82, 2.24) is 9.78 Å². The Morgan fingerprint density at radius 3 is 2.78 bits per heavy atom. The Kier molecular flexibility index (Phi) is 2.92. The first-order valence-corrected chi connectivity index (χ1v) is 6.33. The van der Waals surface area contributed by atoms with Crippen molar-refractivity contribution in [3.8, 4) is 17.2 Å². The van der Waals surface area contributed by atoms with Crippen molar-refractivity contribution < 1.29 is 9.84 Å². The van der Waals surface area contributed by atoms with E-state index < -0.39 is 0 Å². The van der Waals surface area contributed by atoms with Gasteiger partial charge >= 0.3 is 0 Å². The molecule has 94 valence electrons. The van der Waals surface area contributed by atoms with Gasteiger partial charge in [-0.25, -0.2) is 0 Å². The van der Waals surface area contributed by atoms with Crippen LogP contribution < -0.4 is 4.74 Å². The molecule has 0 amide bonds. The molecule has 1 aliphatic carbocycles. The second kappa shape index (κ2) is 4.72. The minimum absolute atomic E-state index is 0.145. The summed E-state index contributed by atoms with van der Waals surface area (Å²) in [5.41, 5.74) is 0. The molecular formula is C14H16N2O2. The molecule has 0 spiro atoms. The molecule has 1 aliphatic rings. The van der Waals surface area contributed by atoms with Crippen molar-refractivity contribution in [3.63, 3.8) is 0 Å². The van der Waals surface area contributed by atoms with Gasteiger partial charge in [0.25, 0.3) is 0 Å². The van der Waals surface area contributed by atoms with Gasteiger partial charge in [-0.3, -0.25) is 4.68 Å². The highest BCUT2D eigenvalue weighted by Crippen LogP contribution is 2.32. The lowest BCUT2D eigenvalue weighted by Crippen LogP contribution is -2.04. The first kappa shape index (κ1) is 11.1. The van der Waals surface area contributed by atoms with E-state index in [0.29, 0.717) is 17.5 Å². The third-order valence-corrected chi connectivity index (χ3v) is 3.37. The number of phenols is 1. The molecule has 1 aromatic heterocycles. The van der Waals surface area contributed by atoms with Crippen LogP contribution in [0.1, 0.15) is 31.7 Å². The maximum atomic E-state index is 9.64. The van der Waals surface area contributed by atoms with E-state index in [4.69, 9.17) is 4.74 Å². The molecule has 3 rings (SSSR count). The van der Waals surface area contributed by atoms with Crippen LogP contribution in [0.25, 0.3) is 0 Å². The van der Waals surface area contributed by atoms with Gasteiger partial charge in [-0.2, -0.15) is 5.10 Å². The smallest absolute Gasteiger partial charge is 0.169 e. The number of aromatic hydroxyl groups is 1. The second-order valence-electron chi connectivity index (χ2n) is 4.66. The topological polar surface area (TPSA) is 47.3 Å². The van der Waals surface area contributed by atoms with Crippen molar-refractivity contribution in [1.29, 1.82) is 0 Å². The summed E-state index contributed by atoms with van der Waals surface area (Å²) in [6, 6.07) is 7.45. The highest BCUT2D eigenvalue weighted by Gasteiger charge is 2.18. The zero-order valence-corrected chi connectivity index (χ0v) is 10.1. The van der Waals surface area contributed by atoms with Gasteiger partial charge in [0.15, 0.2) is 17.2 Å². The summed E-state index contributed by atoms with van der Waals surface area (Å²) in [5, 5.41) is 14.0. The predicted octanol–water partition coefficient (Wildman–Crippen LogP) is 3.50. The van der Waals surface area contributed by atoms with Gasteiger partial charge in [0, 0.05) is 0 Å². The average Bonchev–Trinajstić information content (AvgIpc) is 3.02. The Hall–Kier alpha value is -1.97. The first-order chi connectivity index (χ1) is 8.83. The van der Waals surface area contributed by atoms with Crippen molar-refractivity contribution in [3.05, 3.63) is 36.7 Å². The third-order valence-electron chi connectivity index (χ3n) is 3.37. The summed E-state index contributed by atoms with van der Waals surface area (Å²) in [4.78, 5) is 0. The van der Waals surface area contributed by atoms with E-state index in [-0.39, 0.29) is 5.75 Å². The van der Waals surface area contributed by atoms with Gasteiger partial charge in [0.1, 0.15) is 0 Å². The lowest BCUT2D eigenvalue weighted by molar-refractivity contribution is 0.409. The minimum atomic E-state index is 0.145. The zero-order valence-electron chi connectivity index (χ0n) is 10.1. The van der Waals surface area contributed by atoms with Crippen LogP contribution in [-0.4, -0.2) is 14.9 Å². The molecule has 1 heterocycles. The fraction of sp³-hybridized carbons (Fsp3) is 0.357. The lowest BCUT2D eigenvalue weighted by Gasteiger charge is -2.08. The SMILES string of the molecule is Oc1ccccc1Oc1cnn(C2CCCC2)c1. The van der Waals surface area contributed by atoms with Gasteiger partial charge < -0.3 is 9.84 Å². The van der Waals surface area contributed by atoms with Crippen LogP contribution in [0, 0.1) is 0 Å². The van der Waals surface area contributed by atoms with Crippen molar-refractivity contribution in [2.24, 2.45) is 0 Å². The van der Waals surface area contributed by atoms with Crippen LogP contribution in [0.15, 0.2) is 36.7 Å². The molecule has 1 aromatic carbocycles. The number of hydrogen-bond acceptors (Lipinski definition) is 3. The van der Waals surface area contributed by atoms with E-state index >= 15 is 0 Å². The zero-order chi connectivity index (χ0) is 12.4. The molecule has 4 nitrogen and oxygen atoms in total. The largest absolute Gasteiger partial charge is 0.504 e. The number of phenolic OH excluding ortho intramolecular Hbond substituents is 1. The number of nitrogens with zero attached hydrogens (tertiary/aromatic N) is 2. The van der Waals surface area contributed by atoms with E-state index in [0.717, 1.165) is 0 Å². The molecule has 0 saturated heterocycles. The molecule has 4 heteroatoms. The molecular weight excluding hydrogens is 228 g/mol. The molecule has 0 atom stereocenters. The highest BCUT2D eigenvalue weighted by molar-refractivity contribution is 5.40. The summed E-state index contributed by atoms with van der Waals surface area (Å²) in [7, 11) is 0. The Bertz CT molecular complexity index is 530. The number of ether oxygens (including phenoxy) is 1. The van der Waals surface area contributed by atoms with Crippen molar-refractivity contribution in [2.45, 2.75) is 31.7 Å². The quantitative estimate of drug-likeness (QED) is 0.898. The van der Waals surface area contributed by atoms with Crippen LogP contribution in [0.2, 0.25) is 0 Å². The Morgan fingerprint density at radius 2 is 2.00 bits per heavy atom. The van der Waals surface area contributed by atoms with E-state index in [1.807, 2.05) is 16.9 Å². The van der Waals surface area contributed by atoms with Gasteiger partial charge in [-0.15, -0.1) is 0 Å². The molecule has 1 N–H and O–H groups in total. The number of benzene rings is 1. The van der Waals surface area contributed by atoms with Gasteiger partial charge in [0.2, 0.25) is 0 Å². The van der Waals surface area contributed by atoms with Crippen molar-refractivity contribution >= 4 is 0 Å². The predicted molar refractivity (Wildman–Crippen MR) is 67.9 cm³/mol. The standard InChI is InChI=1S/C14H16N2O2/c17-13-7-3-4-8-14(13)18-12-9-15-16(10-12)11-5-1-2-6-11/h3-4,7-11,17H,1-2,5-6H2. The van der Waals surface area contributed by atoms with E-state index in [1.54, 1.807) is 24.4 Å². The Balaban J connectivity index is 1.75. The number of para-hydroxylation sites is 2. The first-order valence-electron chi connectivity index (χ1n) is 6.33. The lowest BCUT2D eigenvalue weighted by atomic mass is 10.3. The normalized spacial score (nSPS) is 16.0.